The molecule has 3 nitrogen and oxygen atoms in total. The van der Waals surface area contributed by atoms with E-state index in [4.69, 9.17) is 4.74 Å². The van der Waals surface area contributed by atoms with Crippen molar-refractivity contribution >= 4 is 5.91 Å². The lowest BCUT2D eigenvalue weighted by Gasteiger charge is -2.17. The standard InChI is InChI=1S/C19H20FNO2/c20-17-8-6-16(7-9-17)19(22)21-12-10-15(14-21)11-13-23-18-4-2-1-3-5-18/h1-9,15H,10-14H2. The maximum Gasteiger partial charge on any atom is 0.253 e. The number of nitrogens with zero attached hydrogens (tertiary/aromatic N) is 1. The summed E-state index contributed by atoms with van der Waals surface area (Å²) in [7, 11) is 0. The summed E-state index contributed by atoms with van der Waals surface area (Å²) < 4.78 is 18.6. The van der Waals surface area contributed by atoms with Crippen molar-refractivity contribution in [3.05, 3.63) is 66.0 Å². The zero-order valence-corrected chi connectivity index (χ0v) is 13.0. The van der Waals surface area contributed by atoms with Crippen LogP contribution in [0.1, 0.15) is 23.2 Å². The average molecular weight is 313 g/mol. The lowest BCUT2D eigenvalue weighted by molar-refractivity contribution is 0.0785. The number of amides is 1. The van der Waals surface area contributed by atoms with Crippen molar-refractivity contribution in [2.24, 2.45) is 5.92 Å². The van der Waals surface area contributed by atoms with E-state index >= 15 is 0 Å². The molecule has 0 bridgehead atoms. The minimum Gasteiger partial charge on any atom is -0.494 e. The number of para-hydroxylation sites is 1. The van der Waals surface area contributed by atoms with Crippen LogP contribution in [0.3, 0.4) is 0 Å². The zero-order valence-electron chi connectivity index (χ0n) is 13.0. The quantitative estimate of drug-likeness (QED) is 0.841. The molecule has 0 radical (unpaired) electrons. The van der Waals surface area contributed by atoms with Crippen molar-refractivity contribution in [1.82, 2.24) is 4.90 Å². The Labute approximate surface area is 135 Å². The van der Waals surface area contributed by atoms with Gasteiger partial charge in [0, 0.05) is 18.7 Å². The van der Waals surface area contributed by atoms with Gasteiger partial charge in [-0.05, 0) is 55.2 Å². The second-order valence-electron chi connectivity index (χ2n) is 5.86. The van der Waals surface area contributed by atoms with E-state index in [0.29, 0.717) is 18.1 Å². The van der Waals surface area contributed by atoms with Crippen molar-refractivity contribution in [3.8, 4) is 5.75 Å². The molecule has 1 atom stereocenters. The van der Waals surface area contributed by atoms with Gasteiger partial charge < -0.3 is 9.64 Å². The first-order valence-electron chi connectivity index (χ1n) is 7.95. The Morgan fingerprint density at radius 3 is 2.61 bits per heavy atom. The van der Waals surface area contributed by atoms with Gasteiger partial charge in [0.2, 0.25) is 0 Å². The third-order valence-electron chi connectivity index (χ3n) is 4.20. The van der Waals surface area contributed by atoms with Crippen LogP contribution in [0.25, 0.3) is 0 Å². The number of carbonyl (C=O) groups is 1. The van der Waals surface area contributed by atoms with Crippen LogP contribution >= 0.6 is 0 Å². The Balaban J connectivity index is 1.46. The number of rotatable bonds is 5. The van der Waals surface area contributed by atoms with E-state index in [1.54, 1.807) is 12.1 Å². The highest BCUT2D eigenvalue weighted by molar-refractivity contribution is 5.94. The van der Waals surface area contributed by atoms with E-state index in [1.165, 1.54) is 12.1 Å². The van der Waals surface area contributed by atoms with Gasteiger partial charge in [-0.15, -0.1) is 0 Å². The van der Waals surface area contributed by atoms with Crippen LogP contribution < -0.4 is 4.74 Å². The highest BCUT2D eigenvalue weighted by atomic mass is 19.1. The van der Waals surface area contributed by atoms with E-state index in [-0.39, 0.29) is 11.7 Å². The molecule has 0 N–H and O–H groups in total. The molecule has 0 aromatic heterocycles. The van der Waals surface area contributed by atoms with Crippen molar-refractivity contribution in [2.75, 3.05) is 19.7 Å². The van der Waals surface area contributed by atoms with Gasteiger partial charge in [-0.3, -0.25) is 4.79 Å². The summed E-state index contributed by atoms with van der Waals surface area (Å²) in [4.78, 5) is 14.2. The summed E-state index contributed by atoms with van der Waals surface area (Å²) in [5.41, 5.74) is 0.549. The van der Waals surface area contributed by atoms with Crippen molar-refractivity contribution in [1.29, 1.82) is 0 Å². The van der Waals surface area contributed by atoms with Crippen molar-refractivity contribution in [3.63, 3.8) is 0 Å². The number of hydrogen-bond donors (Lipinski definition) is 0. The van der Waals surface area contributed by atoms with Crippen LogP contribution in [-0.4, -0.2) is 30.5 Å². The molecule has 1 heterocycles. The molecule has 2 aromatic rings. The van der Waals surface area contributed by atoms with Gasteiger partial charge in [0.1, 0.15) is 11.6 Å². The van der Waals surface area contributed by atoms with Crippen molar-refractivity contribution < 1.29 is 13.9 Å². The lowest BCUT2D eigenvalue weighted by Crippen LogP contribution is -2.28. The molecule has 1 unspecified atom stereocenters. The monoisotopic (exact) mass is 313 g/mol. The number of halogens is 1. The van der Waals surface area contributed by atoms with E-state index in [1.807, 2.05) is 35.2 Å². The Bertz CT molecular complexity index is 642. The number of benzene rings is 2. The summed E-state index contributed by atoms with van der Waals surface area (Å²) in [5.74, 6) is 1.00. The fourth-order valence-corrected chi connectivity index (χ4v) is 2.89. The molecule has 1 aliphatic rings. The van der Waals surface area contributed by atoms with Crippen LogP contribution in [0.15, 0.2) is 54.6 Å². The third kappa shape index (κ3) is 4.09. The van der Waals surface area contributed by atoms with Crippen LogP contribution in [0.2, 0.25) is 0 Å². The highest BCUT2D eigenvalue weighted by Gasteiger charge is 2.26. The summed E-state index contributed by atoms with van der Waals surface area (Å²) in [6.45, 7) is 2.16. The molecule has 4 heteroatoms. The summed E-state index contributed by atoms with van der Waals surface area (Å²) in [6.07, 6.45) is 1.92. The molecule has 0 saturated carbocycles. The fourth-order valence-electron chi connectivity index (χ4n) is 2.89. The minimum atomic E-state index is -0.320. The Kier molecular flexibility index (Phi) is 4.91. The molecule has 1 saturated heterocycles. The summed E-state index contributed by atoms with van der Waals surface area (Å²) in [6, 6.07) is 15.5. The molecular weight excluding hydrogens is 293 g/mol. The van der Waals surface area contributed by atoms with Crippen LogP contribution in [-0.2, 0) is 0 Å². The first-order valence-corrected chi connectivity index (χ1v) is 7.95. The van der Waals surface area contributed by atoms with E-state index in [2.05, 4.69) is 0 Å². The Hall–Kier alpha value is -2.36. The molecule has 2 aromatic carbocycles. The van der Waals surface area contributed by atoms with Gasteiger partial charge in [0.05, 0.1) is 6.61 Å². The number of hydrogen-bond acceptors (Lipinski definition) is 2. The van der Waals surface area contributed by atoms with E-state index in [0.717, 1.165) is 31.7 Å². The maximum atomic E-state index is 12.9. The number of carbonyl (C=O) groups excluding carboxylic acids is 1. The highest BCUT2D eigenvalue weighted by Crippen LogP contribution is 2.22. The molecule has 120 valence electrons. The van der Waals surface area contributed by atoms with Gasteiger partial charge >= 0.3 is 0 Å². The molecular formula is C19H20FNO2. The predicted molar refractivity (Wildman–Crippen MR) is 87.0 cm³/mol. The van der Waals surface area contributed by atoms with Gasteiger partial charge in [0.25, 0.3) is 5.91 Å². The second kappa shape index (κ2) is 7.27. The topological polar surface area (TPSA) is 29.5 Å². The summed E-state index contributed by atoms with van der Waals surface area (Å²) >= 11 is 0. The lowest BCUT2D eigenvalue weighted by atomic mass is 10.1. The van der Waals surface area contributed by atoms with E-state index in [9.17, 15) is 9.18 Å². The van der Waals surface area contributed by atoms with Gasteiger partial charge in [-0.25, -0.2) is 4.39 Å². The molecule has 1 fully saturated rings. The number of ether oxygens (including phenoxy) is 1. The molecule has 23 heavy (non-hydrogen) atoms. The number of likely N-dealkylation sites (tertiary alicyclic amines) is 1. The first-order chi connectivity index (χ1) is 11.2. The smallest absolute Gasteiger partial charge is 0.253 e. The summed E-state index contributed by atoms with van der Waals surface area (Å²) in [5, 5.41) is 0. The Morgan fingerprint density at radius 2 is 1.87 bits per heavy atom. The minimum absolute atomic E-state index is 0.0172. The van der Waals surface area contributed by atoms with Crippen LogP contribution in [0, 0.1) is 11.7 Å². The molecule has 1 amide bonds. The maximum absolute atomic E-state index is 12.9. The fraction of sp³-hybridized carbons (Fsp3) is 0.316. The SMILES string of the molecule is O=C(c1ccc(F)cc1)N1CCC(CCOc2ccccc2)C1. The second-order valence-corrected chi connectivity index (χ2v) is 5.86. The van der Waals surface area contributed by atoms with Gasteiger partial charge in [-0.2, -0.15) is 0 Å². The van der Waals surface area contributed by atoms with E-state index < -0.39 is 0 Å². The average Bonchev–Trinajstić information content (AvgIpc) is 3.05. The molecule has 0 spiro atoms. The Morgan fingerprint density at radius 1 is 1.13 bits per heavy atom. The van der Waals surface area contributed by atoms with Gasteiger partial charge in [-0.1, -0.05) is 18.2 Å². The molecule has 3 rings (SSSR count). The van der Waals surface area contributed by atoms with Crippen molar-refractivity contribution in [2.45, 2.75) is 12.8 Å². The normalized spacial score (nSPS) is 17.3. The van der Waals surface area contributed by atoms with Gasteiger partial charge in [0.15, 0.2) is 0 Å². The van der Waals surface area contributed by atoms with Crippen LogP contribution in [0.5, 0.6) is 5.75 Å². The predicted octanol–water partition coefficient (Wildman–Crippen LogP) is 3.76. The third-order valence-corrected chi connectivity index (χ3v) is 4.20. The first kappa shape index (κ1) is 15.5. The molecule has 0 aliphatic carbocycles. The zero-order chi connectivity index (χ0) is 16.1. The molecule has 1 aliphatic heterocycles. The van der Waals surface area contributed by atoms with Crippen LogP contribution in [0.4, 0.5) is 4.39 Å². The largest absolute Gasteiger partial charge is 0.494 e.